The molecular weight excluding hydrogens is 304 g/mol. The number of hydrogen-bond donors (Lipinski definition) is 2. The van der Waals surface area contributed by atoms with Crippen LogP contribution in [0.4, 0.5) is 8.78 Å². The third-order valence-corrected chi connectivity index (χ3v) is 4.13. The van der Waals surface area contributed by atoms with Crippen molar-refractivity contribution in [3.63, 3.8) is 0 Å². The quantitative estimate of drug-likeness (QED) is 0.820. The van der Waals surface area contributed by atoms with Gasteiger partial charge in [-0.05, 0) is 30.4 Å². The molecule has 1 amide bonds. The number of aliphatic carboxylic acids is 1. The first kappa shape index (κ1) is 15.7. The highest BCUT2D eigenvalue weighted by molar-refractivity contribution is 6.33. The third kappa shape index (κ3) is 3.50. The van der Waals surface area contributed by atoms with Crippen LogP contribution in [-0.2, 0) is 4.79 Å². The number of halogens is 3. The highest BCUT2D eigenvalue weighted by Crippen LogP contribution is 2.43. The molecule has 1 aliphatic rings. The molecule has 7 heteroatoms. The maximum atomic E-state index is 13.2. The third-order valence-electron chi connectivity index (χ3n) is 3.82. The number of hydrogen-bond acceptors (Lipinski definition) is 2. The van der Waals surface area contributed by atoms with Crippen LogP contribution in [0, 0.1) is 17.0 Å². The molecule has 2 N–H and O–H groups in total. The SMILES string of the molecule is O=C(O)CC1(CNC(=O)c2cc(F)c(F)cc2Cl)CCC1. The van der Waals surface area contributed by atoms with E-state index >= 15 is 0 Å². The summed E-state index contributed by atoms with van der Waals surface area (Å²) in [5, 5.41) is 11.3. The van der Waals surface area contributed by atoms with Crippen LogP contribution < -0.4 is 5.32 Å². The van der Waals surface area contributed by atoms with Gasteiger partial charge in [0.25, 0.3) is 5.91 Å². The molecule has 1 aliphatic carbocycles. The van der Waals surface area contributed by atoms with Gasteiger partial charge in [-0.15, -0.1) is 0 Å². The van der Waals surface area contributed by atoms with Gasteiger partial charge >= 0.3 is 5.97 Å². The molecule has 1 aromatic carbocycles. The van der Waals surface area contributed by atoms with Gasteiger partial charge in [0.05, 0.1) is 17.0 Å². The summed E-state index contributed by atoms with van der Waals surface area (Å²) >= 11 is 5.72. The summed E-state index contributed by atoms with van der Waals surface area (Å²) in [6.45, 7) is 0.174. The number of rotatable bonds is 5. The molecule has 0 aromatic heterocycles. The summed E-state index contributed by atoms with van der Waals surface area (Å²) in [6, 6.07) is 1.47. The summed E-state index contributed by atoms with van der Waals surface area (Å²) < 4.78 is 26.1. The van der Waals surface area contributed by atoms with Crippen molar-refractivity contribution in [3.05, 3.63) is 34.4 Å². The lowest BCUT2D eigenvalue weighted by atomic mass is 9.66. The first-order valence-electron chi connectivity index (χ1n) is 6.47. The number of benzene rings is 1. The summed E-state index contributed by atoms with van der Waals surface area (Å²) in [6.07, 6.45) is 2.31. The van der Waals surface area contributed by atoms with E-state index in [2.05, 4.69) is 5.32 Å². The monoisotopic (exact) mass is 317 g/mol. The summed E-state index contributed by atoms with van der Waals surface area (Å²) in [4.78, 5) is 22.8. The fourth-order valence-electron chi connectivity index (χ4n) is 2.47. The van der Waals surface area contributed by atoms with Crippen molar-refractivity contribution in [2.24, 2.45) is 5.41 Å². The van der Waals surface area contributed by atoms with Gasteiger partial charge in [-0.2, -0.15) is 0 Å². The van der Waals surface area contributed by atoms with Crippen LogP contribution in [0.5, 0.6) is 0 Å². The van der Waals surface area contributed by atoms with Crippen LogP contribution in [0.2, 0.25) is 5.02 Å². The predicted octanol–water partition coefficient (Wildman–Crippen LogP) is 2.99. The number of carbonyl (C=O) groups excluding carboxylic acids is 1. The minimum atomic E-state index is -1.16. The Bertz CT molecular complexity index is 588. The fraction of sp³-hybridized carbons (Fsp3) is 0.429. The zero-order chi connectivity index (χ0) is 15.6. The summed E-state index contributed by atoms with van der Waals surface area (Å²) in [7, 11) is 0. The Kier molecular flexibility index (Phi) is 4.46. The van der Waals surface area contributed by atoms with Gasteiger partial charge in [0.1, 0.15) is 0 Å². The topological polar surface area (TPSA) is 66.4 Å². The van der Waals surface area contributed by atoms with E-state index in [0.29, 0.717) is 12.8 Å². The normalized spacial score (nSPS) is 16.1. The van der Waals surface area contributed by atoms with Crippen LogP contribution in [0.15, 0.2) is 12.1 Å². The molecule has 1 fully saturated rings. The maximum absolute atomic E-state index is 13.2. The van der Waals surface area contributed by atoms with E-state index in [-0.39, 0.29) is 23.6 Å². The minimum absolute atomic E-state index is 0.0290. The molecule has 4 nitrogen and oxygen atoms in total. The van der Waals surface area contributed by atoms with Crippen LogP contribution in [0.1, 0.15) is 36.0 Å². The second-order valence-electron chi connectivity index (χ2n) is 5.35. The Morgan fingerprint density at radius 1 is 1.29 bits per heavy atom. The smallest absolute Gasteiger partial charge is 0.303 e. The number of nitrogens with one attached hydrogen (secondary N) is 1. The van der Waals surface area contributed by atoms with Crippen molar-refractivity contribution in [2.75, 3.05) is 6.54 Å². The van der Waals surface area contributed by atoms with E-state index < -0.39 is 28.9 Å². The Balaban J connectivity index is 2.05. The molecule has 0 radical (unpaired) electrons. The van der Waals surface area contributed by atoms with Gasteiger partial charge < -0.3 is 10.4 Å². The van der Waals surface area contributed by atoms with Gasteiger partial charge in [0.15, 0.2) is 11.6 Å². The highest BCUT2D eigenvalue weighted by Gasteiger charge is 2.39. The molecule has 21 heavy (non-hydrogen) atoms. The molecule has 0 unspecified atom stereocenters. The maximum Gasteiger partial charge on any atom is 0.303 e. The zero-order valence-corrected chi connectivity index (χ0v) is 11.8. The van der Waals surface area contributed by atoms with Gasteiger partial charge in [0, 0.05) is 6.54 Å². The van der Waals surface area contributed by atoms with E-state index in [4.69, 9.17) is 16.7 Å². The Labute approximate surface area is 125 Å². The van der Waals surface area contributed by atoms with E-state index in [1.165, 1.54) is 0 Å². The molecule has 0 heterocycles. The lowest BCUT2D eigenvalue weighted by Crippen LogP contribution is -2.43. The highest BCUT2D eigenvalue weighted by atomic mass is 35.5. The Morgan fingerprint density at radius 3 is 2.43 bits per heavy atom. The van der Waals surface area contributed by atoms with Crippen molar-refractivity contribution in [2.45, 2.75) is 25.7 Å². The van der Waals surface area contributed by atoms with Gasteiger partial charge in [-0.3, -0.25) is 9.59 Å². The zero-order valence-electron chi connectivity index (χ0n) is 11.1. The summed E-state index contributed by atoms with van der Waals surface area (Å²) in [5.74, 6) is -3.85. The lowest BCUT2D eigenvalue weighted by molar-refractivity contribution is -0.141. The largest absolute Gasteiger partial charge is 0.481 e. The van der Waals surface area contributed by atoms with Gasteiger partial charge in [0.2, 0.25) is 0 Å². The van der Waals surface area contributed by atoms with Crippen molar-refractivity contribution >= 4 is 23.5 Å². The van der Waals surface area contributed by atoms with Crippen LogP contribution >= 0.6 is 11.6 Å². The van der Waals surface area contributed by atoms with Crippen molar-refractivity contribution in [3.8, 4) is 0 Å². The second kappa shape index (κ2) is 5.97. The number of carbonyl (C=O) groups is 2. The molecule has 1 saturated carbocycles. The average Bonchev–Trinajstić information content (AvgIpc) is 2.36. The first-order valence-corrected chi connectivity index (χ1v) is 6.85. The molecule has 0 atom stereocenters. The number of carboxylic acid groups (broad SMARTS) is 1. The Hall–Kier alpha value is -1.69. The summed E-state index contributed by atoms with van der Waals surface area (Å²) in [5.41, 5.74) is -0.618. The van der Waals surface area contributed by atoms with Crippen molar-refractivity contribution < 1.29 is 23.5 Å². The van der Waals surface area contributed by atoms with Crippen molar-refractivity contribution in [1.82, 2.24) is 5.32 Å². The minimum Gasteiger partial charge on any atom is -0.481 e. The molecule has 0 aliphatic heterocycles. The second-order valence-corrected chi connectivity index (χ2v) is 5.76. The number of carboxylic acids is 1. The lowest BCUT2D eigenvalue weighted by Gasteiger charge is -2.40. The van der Waals surface area contributed by atoms with E-state index in [1.807, 2.05) is 0 Å². The molecule has 0 saturated heterocycles. The fourth-order valence-corrected chi connectivity index (χ4v) is 2.71. The molecular formula is C14H14ClF2NO3. The van der Waals surface area contributed by atoms with Gasteiger partial charge in [-0.1, -0.05) is 18.0 Å². The van der Waals surface area contributed by atoms with Crippen LogP contribution in [0.3, 0.4) is 0 Å². The molecule has 2 rings (SSSR count). The first-order chi connectivity index (χ1) is 9.83. The van der Waals surface area contributed by atoms with Crippen LogP contribution in [0.25, 0.3) is 0 Å². The van der Waals surface area contributed by atoms with E-state index in [9.17, 15) is 18.4 Å². The average molecular weight is 318 g/mol. The van der Waals surface area contributed by atoms with E-state index in [0.717, 1.165) is 18.6 Å². The van der Waals surface area contributed by atoms with Gasteiger partial charge in [-0.25, -0.2) is 8.78 Å². The predicted molar refractivity (Wildman–Crippen MR) is 72.2 cm³/mol. The van der Waals surface area contributed by atoms with Crippen molar-refractivity contribution in [1.29, 1.82) is 0 Å². The molecule has 0 bridgehead atoms. The molecule has 114 valence electrons. The van der Waals surface area contributed by atoms with E-state index in [1.54, 1.807) is 0 Å². The molecule has 1 aromatic rings. The standard InChI is InChI=1S/C14H14ClF2NO3/c15-9-5-11(17)10(16)4-8(9)13(21)18-7-14(2-1-3-14)6-12(19)20/h4-5H,1-3,6-7H2,(H,18,21)(H,19,20). The van der Waals surface area contributed by atoms with Crippen LogP contribution in [-0.4, -0.2) is 23.5 Å². The Morgan fingerprint density at radius 2 is 1.90 bits per heavy atom. The number of amides is 1. The molecule has 0 spiro atoms.